The Morgan fingerprint density at radius 2 is 1.88 bits per heavy atom. The minimum Gasteiger partial charge on any atom is -0.475 e. The number of carbonyl (C=O) groups is 2. The lowest BCUT2D eigenvalue weighted by Crippen LogP contribution is -2.49. The van der Waals surface area contributed by atoms with E-state index in [-0.39, 0.29) is 12.2 Å². The fourth-order valence-electron chi connectivity index (χ4n) is 0.693. The predicted octanol–water partition coefficient (Wildman–Crippen LogP) is -1.20. The molecule has 0 spiro atoms. The highest BCUT2D eigenvalue weighted by molar-refractivity contribution is 7.90. The Morgan fingerprint density at radius 3 is 2.12 bits per heavy atom. The Balaban J connectivity index is 0.000000325. The van der Waals surface area contributed by atoms with Gasteiger partial charge in [-0.2, -0.15) is 13.2 Å². The number of rotatable bonds is 0. The third-order valence-electron chi connectivity index (χ3n) is 1.53. The van der Waals surface area contributed by atoms with Crippen LogP contribution in [0.25, 0.3) is 0 Å². The smallest absolute Gasteiger partial charge is 0.475 e. The standard InChI is InChI=1S/C4H8N2O3S.C2HF3O2/c5-3-1-2-10(8,9)6-4(3)7;3-2(4,5)1(6)7/h3H,1-2,5H2,(H,6,7);(H,6,7). The van der Waals surface area contributed by atoms with Gasteiger partial charge in [-0.3, -0.25) is 9.52 Å². The maximum atomic E-state index is 10.6. The second kappa shape index (κ2) is 5.31. The summed E-state index contributed by atoms with van der Waals surface area (Å²) in [5, 5.41) is 7.12. The molecule has 1 rings (SSSR count). The van der Waals surface area contributed by atoms with Crippen molar-refractivity contribution in [3.63, 3.8) is 0 Å². The molecule has 1 heterocycles. The van der Waals surface area contributed by atoms with Gasteiger partial charge in [0.25, 0.3) is 0 Å². The average Bonchev–Trinajstić information content (AvgIpc) is 2.11. The zero-order valence-electron chi connectivity index (χ0n) is 8.19. The van der Waals surface area contributed by atoms with Gasteiger partial charge in [0.05, 0.1) is 11.8 Å². The maximum absolute atomic E-state index is 10.6. The molecule has 1 aliphatic rings. The highest BCUT2D eigenvalue weighted by Crippen LogP contribution is 2.13. The van der Waals surface area contributed by atoms with Crippen LogP contribution in [-0.2, 0) is 19.6 Å². The van der Waals surface area contributed by atoms with Crippen molar-refractivity contribution in [1.82, 2.24) is 4.72 Å². The van der Waals surface area contributed by atoms with Crippen LogP contribution >= 0.6 is 0 Å². The highest BCUT2D eigenvalue weighted by atomic mass is 32.2. The van der Waals surface area contributed by atoms with E-state index >= 15 is 0 Å². The molecule has 0 aromatic heterocycles. The number of aliphatic carboxylic acids is 1. The van der Waals surface area contributed by atoms with Crippen LogP contribution in [-0.4, -0.2) is 43.4 Å². The van der Waals surface area contributed by atoms with Gasteiger partial charge >= 0.3 is 12.1 Å². The van der Waals surface area contributed by atoms with E-state index in [2.05, 4.69) is 0 Å². The lowest BCUT2D eigenvalue weighted by molar-refractivity contribution is -0.192. The average molecular weight is 278 g/mol. The lowest BCUT2D eigenvalue weighted by Gasteiger charge is -2.17. The maximum Gasteiger partial charge on any atom is 0.490 e. The first-order valence-corrected chi connectivity index (χ1v) is 5.71. The van der Waals surface area contributed by atoms with Gasteiger partial charge in [0, 0.05) is 0 Å². The minimum atomic E-state index is -5.08. The van der Waals surface area contributed by atoms with Crippen LogP contribution in [0.3, 0.4) is 0 Å². The number of sulfonamides is 1. The van der Waals surface area contributed by atoms with Gasteiger partial charge in [0.1, 0.15) is 0 Å². The molecule has 0 radical (unpaired) electrons. The molecule has 17 heavy (non-hydrogen) atoms. The van der Waals surface area contributed by atoms with Crippen LogP contribution in [0.15, 0.2) is 0 Å². The van der Waals surface area contributed by atoms with E-state index < -0.39 is 34.1 Å². The van der Waals surface area contributed by atoms with Gasteiger partial charge in [-0.1, -0.05) is 0 Å². The van der Waals surface area contributed by atoms with Crippen LogP contribution in [0.2, 0.25) is 0 Å². The number of hydrogen-bond acceptors (Lipinski definition) is 5. The third-order valence-corrected chi connectivity index (χ3v) is 2.82. The predicted molar refractivity (Wildman–Crippen MR) is 48.2 cm³/mol. The van der Waals surface area contributed by atoms with Crippen molar-refractivity contribution < 1.29 is 36.3 Å². The first kappa shape index (κ1) is 15.6. The van der Waals surface area contributed by atoms with Gasteiger partial charge in [-0.15, -0.1) is 0 Å². The van der Waals surface area contributed by atoms with E-state index in [1.165, 1.54) is 0 Å². The molecule has 1 saturated heterocycles. The topological polar surface area (TPSA) is 127 Å². The van der Waals surface area contributed by atoms with Crippen molar-refractivity contribution in [3.05, 3.63) is 0 Å². The summed E-state index contributed by atoms with van der Waals surface area (Å²) in [7, 11) is -3.34. The quantitative estimate of drug-likeness (QED) is 0.510. The van der Waals surface area contributed by atoms with Crippen molar-refractivity contribution >= 4 is 21.9 Å². The van der Waals surface area contributed by atoms with Crippen LogP contribution in [0.5, 0.6) is 0 Å². The number of alkyl halides is 3. The fourth-order valence-corrected chi connectivity index (χ4v) is 1.82. The van der Waals surface area contributed by atoms with Crippen LogP contribution in [0.1, 0.15) is 6.42 Å². The van der Waals surface area contributed by atoms with Crippen LogP contribution in [0.4, 0.5) is 13.2 Å². The van der Waals surface area contributed by atoms with Crippen molar-refractivity contribution in [1.29, 1.82) is 0 Å². The molecule has 0 aliphatic carbocycles. The van der Waals surface area contributed by atoms with E-state index in [1.54, 1.807) is 0 Å². The molecule has 1 unspecified atom stereocenters. The fraction of sp³-hybridized carbons (Fsp3) is 0.667. The monoisotopic (exact) mass is 278 g/mol. The first-order chi connectivity index (χ1) is 7.46. The van der Waals surface area contributed by atoms with Gasteiger partial charge in [0.15, 0.2) is 0 Å². The Hall–Kier alpha value is -1.36. The second-order valence-corrected chi connectivity index (χ2v) is 4.83. The highest BCUT2D eigenvalue weighted by Gasteiger charge is 2.38. The summed E-state index contributed by atoms with van der Waals surface area (Å²) in [6, 6.07) is -0.663. The Morgan fingerprint density at radius 1 is 1.47 bits per heavy atom. The van der Waals surface area contributed by atoms with E-state index in [0.29, 0.717) is 0 Å². The number of nitrogens with two attached hydrogens (primary N) is 1. The number of nitrogens with one attached hydrogen (secondary N) is 1. The van der Waals surface area contributed by atoms with E-state index in [1.807, 2.05) is 4.72 Å². The Labute approximate surface area is 93.8 Å². The molecule has 100 valence electrons. The van der Waals surface area contributed by atoms with Crippen LogP contribution < -0.4 is 10.5 Å². The lowest BCUT2D eigenvalue weighted by atomic mass is 10.2. The van der Waals surface area contributed by atoms with Gasteiger partial charge in [-0.05, 0) is 6.42 Å². The third kappa shape index (κ3) is 6.06. The molecule has 0 bridgehead atoms. The molecule has 11 heteroatoms. The number of carbonyl (C=O) groups excluding carboxylic acids is 1. The molecule has 0 saturated carbocycles. The molecular weight excluding hydrogens is 269 g/mol. The number of carboxylic acids is 1. The summed E-state index contributed by atoms with van der Waals surface area (Å²) in [4.78, 5) is 19.5. The summed E-state index contributed by atoms with van der Waals surface area (Å²) in [5.41, 5.74) is 5.22. The minimum absolute atomic E-state index is 0.0556. The zero-order valence-corrected chi connectivity index (χ0v) is 9.01. The SMILES string of the molecule is NC1CCS(=O)(=O)NC1=O.O=C(O)C(F)(F)F. The summed E-state index contributed by atoms with van der Waals surface area (Å²) in [6.45, 7) is 0. The second-order valence-electron chi connectivity index (χ2n) is 2.98. The largest absolute Gasteiger partial charge is 0.490 e. The number of carboxylic acid groups (broad SMARTS) is 1. The molecule has 1 fully saturated rings. The zero-order chi connectivity index (χ0) is 13.9. The first-order valence-electron chi connectivity index (χ1n) is 4.06. The van der Waals surface area contributed by atoms with Crippen molar-refractivity contribution in [3.8, 4) is 0 Å². The van der Waals surface area contributed by atoms with Crippen molar-refractivity contribution in [2.24, 2.45) is 5.73 Å². The summed E-state index contributed by atoms with van der Waals surface area (Å²) in [5.74, 6) is -3.42. The summed E-state index contributed by atoms with van der Waals surface area (Å²) in [6.07, 6.45) is -4.87. The molecule has 1 aliphatic heterocycles. The normalized spacial score (nSPS) is 23.1. The van der Waals surface area contributed by atoms with Crippen molar-refractivity contribution in [2.75, 3.05) is 5.75 Å². The number of halogens is 3. The van der Waals surface area contributed by atoms with Gasteiger partial charge in [-0.25, -0.2) is 13.2 Å². The summed E-state index contributed by atoms with van der Waals surface area (Å²) >= 11 is 0. The molecular formula is C6H9F3N2O5S. The Kier molecular flexibility index (Phi) is 4.89. The molecule has 1 amide bonds. The molecule has 0 aromatic rings. The summed E-state index contributed by atoms with van der Waals surface area (Å²) < 4.78 is 54.8. The molecule has 7 nitrogen and oxygen atoms in total. The van der Waals surface area contributed by atoms with E-state index in [0.717, 1.165) is 0 Å². The van der Waals surface area contributed by atoms with Crippen LogP contribution in [0, 0.1) is 0 Å². The van der Waals surface area contributed by atoms with E-state index in [4.69, 9.17) is 15.6 Å². The van der Waals surface area contributed by atoms with Gasteiger partial charge < -0.3 is 10.8 Å². The number of amides is 1. The van der Waals surface area contributed by atoms with E-state index in [9.17, 15) is 26.4 Å². The van der Waals surface area contributed by atoms with Crippen molar-refractivity contribution in [2.45, 2.75) is 18.6 Å². The molecule has 1 atom stereocenters. The van der Waals surface area contributed by atoms with Gasteiger partial charge in [0.2, 0.25) is 15.9 Å². The Bertz CT molecular complexity index is 404. The molecule has 0 aromatic carbocycles. The number of hydrogen-bond donors (Lipinski definition) is 3. The molecule has 4 N–H and O–H groups in total.